The molecular formula is C20H28O3. The van der Waals surface area contributed by atoms with Crippen LogP contribution in [0.3, 0.4) is 0 Å². The molecule has 0 bridgehead atoms. The van der Waals surface area contributed by atoms with E-state index in [-0.39, 0.29) is 10.8 Å². The predicted octanol–water partition coefficient (Wildman–Crippen LogP) is 5.08. The van der Waals surface area contributed by atoms with Crippen LogP contribution in [0.4, 0.5) is 0 Å². The van der Waals surface area contributed by atoms with Crippen molar-refractivity contribution in [2.75, 3.05) is 0 Å². The number of fused-ring (bicyclic) bond motifs is 1. The molecule has 126 valence electrons. The van der Waals surface area contributed by atoms with E-state index in [9.17, 15) is 9.90 Å². The highest BCUT2D eigenvalue weighted by Gasteiger charge is 2.55. The van der Waals surface area contributed by atoms with Gasteiger partial charge in [-0.1, -0.05) is 26.8 Å². The lowest BCUT2D eigenvalue weighted by Gasteiger charge is -2.57. The summed E-state index contributed by atoms with van der Waals surface area (Å²) in [4.78, 5) is 11.8. The Labute approximate surface area is 138 Å². The minimum atomic E-state index is -0.719. The lowest BCUT2D eigenvalue weighted by molar-refractivity contribution is -0.137. The van der Waals surface area contributed by atoms with E-state index >= 15 is 0 Å². The molecule has 3 heteroatoms. The molecule has 1 N–H and O–H groups in total. The minimum Gasteiger partial charge on any atom is -0.478 e. The molecule has 0 radical (unpaired) electrons. The molecule has 0 amide bonds. The van der Waals surface area contributed by atoms with Crippen molar-refractivity contribution in [3.05, 3.63) is 35.8 Å². The summed E-state index contributed by atoms with van der Waals surface area (Å²) in [7, 11) is 0. The summed E-state index contributed by atoms with van der Waals surface area (Å²) in [5.74, 6) is 0.353. The minimum absolute atomic E-state index is 0.179. The highest BCUT2D eigenvalue weighted by Crippen LogP contribution is 2.61. The van der Waals surface area contributed by atoms with Crippen LogP contribution in [0.25, 0.3) is 0 Å². The lowest BCUT2D eigenvalue weighted by Crippen LogP contribution is -2.51. The van der Waals surface area contributed by atoms with E-state index in [0.29, 0.717) is 17.4 Å². The summed E-state index contributed by atoms with van der Waals surface area (Å²) < 4.78 is 5.20. The molecular weight excluding hydrogens is 288 g/mol. The van der Waals surface area contributed by atoms with Crippen molar-refractivity contribution >= 4 is 5.97 Å². The van der Waals surface area contributed by atoms with Crippen LogP contribution in [0.2, 0.25) is 0 Å². The number of rotatable bonds is 4. The van der Waals surface area contributed by atoms with Gasteiger partial charge in [-0.3, -0.25) is 0 Å². The van der Waals surface area contributed by atoms with E-state index in [1.54, 1.807) is 6.26 Å². The summed E-state index contributed by atoms with van der Waals surface area (Å²) in [6.07, 6.45) is 11.8. The van der Waals surface area contributed by atoms with Crippen molar-refractivity contribution in [1.82, 2.24) is 0 Å². The first-order valence-corrected chi connectivity index (χ1v) is 8.83. The summed E-state index contributed by atoms with van der Waals surface area (Å²) >= 11 is 0. The van der Waals surface area contributed by atoms with Gasteiger partial charge in [0.1, 0.15) is 0 Å². The molecule has 0 saturated heterocycles. The second-order valence-electron chi connectivity index (χ2n) is 8.05. The number of carboxylic acids is 1. The number of furan rings is 1. The van der Waals surface area contributed by atoms with Gasteiger partial charge in [0.15, 0.2) is 0 Å². The maximum absolute atomic E-state index is 11.8. The van der Waals surface area contributed by atoms with Gasteiger partial charge in [0, 0.05) is 11.0 Å². The number of hydrogen-bond acceptors (Lipinski definition) is 2. The molecule has 0 spiro atoms. The topological polar surface area (TPSA) is 50.4 Å². The van der Waals surface area contributed by atoms with Gasteiger partial charge in [-0.25, -0.2) is 4.79 Å². The van der Waals surface area contributed by atoms with E-state index in [4.69, 9.17) is 4.42 Å². The van der Waals surface area contributed by atoms with Crippen LogP contribution >= 0.6 is 0 Å². The third-order valence-electron chi connectivity index (χ3n) is 6.97. The number of aliphatic carboxylic acids is 1. The van der Waals surface area contributed by atoms with Crippen LogP contribution in [-0.4, -0.2) is 11.1 Å². The van der Waals surface area contributed by atoms with Gasteiger partial charge in [-0.2, -0.15) is 0 Å². The molecule has 1 aromatic rings. The van der Waals surface area contributed by atoms with Crippen LogP contribution in [0.1, 0.15) is 58.4 Å². The summed E-state index contributed by atoms with van der Waals surface area (Å²) in [5.41, 5.74) is 1.91. The van der Waals surface area contributed by atoms with Crippen molar-refractivity contribution in [3.63, 3.8) is 0 Å². The van der Waals surface area contributed by atoms with E-state index < -0.39 is 5.97 Å². The Morgan fingerprint density at radius 1 is 1.39 bits per heavy atom. The molecule has 1 aromatic heterocycles. The largest absolute Gasteiger partial charge is 0.478 e. The standard InChI is InChI=1S/C20H28O3/c1-14-7-10-20(3)16(18(21)22)5-4-6-17(20)19(14,2)11-8-15-9-12-23-13-15/h5,9,12-14,17H,4,6-8,10-11H2,1-3H3,(H,21,22)/t14-,17?,19+,20+/m1/s1. The van der Waals surface area contributed by atoms with Crippen molar-refractivity contribution in [2.24, 2.45) is 22.7 Å². The summed E-state index contributed by atoms with van der Waals surface area (Å²) in [5, 5.41) is 9.68. The second-order valence-corrected chi connectivity index (χ2v) is 8.05. The lowest BCUT2D eigenvalue weighted by atomic mass is 9.46. The zero-order valence-electron chi connectivity index (χ0n) is 14.5. The normalized spacial score (nSPS) is 37.1. The molecule has 4 atom stereocenters. The fraction of sp³-hybridized carbons (Fsp3) is 0.650. The Morgan fingerprint density at radius 3 is 2.83 bits per heavy atom. The number of allylic oxidation sites excluding steroid dienone is 1. The van der Waals surface area contributed by atoms with Crippen molar-refractivity contribution in [2.45, 2.75) is 59.3 Å². The van der Waals surface area contributed by atoms with Gasteiger partial charge in [0.25, 0.3) is 0 Å². The van der Waals surface area contributed by atoms with E-state index in [1.165, 1.54) is 5.56 Å². The van der Waals surface area contributed by atoms with Gasteiger partial charge in [-0.15, -0.1) is 0 Å². The molecule has 3 nitrogen and oxygen atoms in total. The Kier molecular flexibility index (Phi) is 4.16. The molecule has 0 aromatic carbocycles. The zero-order valence-corrected chi connectivity index (χ0v) is 14.5. The highest BCUT2D eigenvalue weighted by molar-refractivity contribution is 5.88. The van der Waals surface area contributed by atoms with Gasteiger partial charge in [0.05, 0.1) is 12.5 Å². The van der Waals surface area contributed by atoms with Crippen LogP contribution in [0.5, 0.6) is 0 Å². The molecule has 1 fully saturated rings. The van der Waals surface area contributed by atoms with E-state index in [1.807, 2.05) is 18.4 Å². The summed E-state index contributed by atoms with van der Waals surface area (Å²) in [6.45, 7) is 6.94. The second kappa shape index (κ2) is 5.85. The molecule has 1 unspecified atom stereocenters. The molecule has 0 aliphatic heterocycles. The monoisotopic (exact) mass is 316 g/mol. The molecule has 3 rings (SSSR count). The predicted molar refractivity (Wildman–Crippen MR) is 90.1 cm³/mol. The third kappa shape index (κ3) is 2.64. The molecule has 23 heavy (non-hydrogen) atoms. The smallest absolute Gasteiger partial charge is 0.331 e. The number of hydrogen-bond donors (Lipinski definition) is 1. The molecule has 1 saturated carbocycles. The van der Waals surface area contributed by atoms with Gasteiger partial charge < -0.3 is 9.52 Å². The third-order valence-corrected chi connectivity index (χ3v) is 6.97. The maximum atomic E-state index is 11.8. The van der Waals surface area contributed by atoms with Gasteiger partial charge in [-0.05, 0) is 67.4 Å². The Bertz CT molecular complexity index is 600. The molecule has 2 aliphatic carbocycles. The first-order chi connectivity index (χ1) is 10.9. The fourth-order valence-electron chi connectivity index (χ4n) is 5.29. The van der Waals surface area contributed by atoms with Crippen molar-refractivity contribution in [3.8, 4) is 0 Å². The quantitative estimate of drug-likeness (QED) is 0.843. The molecule has 1 heterocycles. The van der Waals surface area contributed by atoms with Crippen LogP contribution in [0, 0.1) is 22.7 Å². The Balaban J connectivity index is 1.89. The molecule has 2 aliphatic rings. The average Bonchev–Trinajstić information content (AvgIpc) is 3.02. The first-order valence-electron chi connectivity index (χ1n) is 8.83. The van der Waals surface area contributed by atoms with Crippen molar-refractivity contribution in [1.29, 1.82) is 0 Å². The van der Waals surface area contributed by atoms with Crippen LogP contribution in [-0.2, 0) is 11.2 Å². The van der Waals surface area contributed by atoms with Gasteiger partial charge >= 0.3 is 5.97 Å². The summed E-state index contributed by atoms with van der Waals surface area (Å²) in [6, 6.07) is 2.04. The Morgan fingerprint density at radius 2 is 2.17 bits per heavy atom. The van der Waals surface area contributed by atoms with Crippen LogP contribution in [0.15, 0.2) is 34.7 Å². The average molecular weight is 316 g/mol. The van der Waals surface area contributed by atoms with Crippen molar-refractivity contribution < 1.29 is 14.3 Å². The fourth-order valence-corrected chi connectivity index (χ4v) is 5.29. The maximum Gasteiger partial charge on any atom is 0.331 e. The first kappa shape index (κ1) is 16.4. The zero-order chi connectivity index (χ0) is 16.7. The van der Waals surface area contributed by atoms with Gasteiger partial charge in [0.2, 0.25) is 0 Å². The van der Waals surface area contributed by atoms with Crippen LogP contribution < -0.4 is 0 Å². The SMILES string of the molecule is C[C@@H]1CC[C@@]2(C)C(C(=O)O)=CCCC2[C@@]1(C)CCc1ccoc1. The number of aryl methyl sites for hydroxylation is 1. The number of carbonyl (C=O) groups is 1. The van der Waals surface area contributed by atoms with E-state index in [0.717, 1.165) is 38.5 Å². The Hall–Kier alpha value is -1.51. The number of carboxylic acid groups (broad SMARTS) is 1. The highest BCUT2D eigenvalue weighted by atomic mass is 16.4. The van der Waals surface area contributed by atoms with E-state index in [2.05, 4.69) is 20.8 Å².